The van der Waals surface area contributed by atoms with Crippen LogP contribution in [0.3, 0.4) is 0 Å². The van der Waals surface area contributed by atoms with Gasteiger partial charge in [-0.3, -0.25) is 9.69 Å². The van der Waals surface area contributed by atoms with Gasteiger partial charge in [0, 0.05) is 11.3 Å². The molecule has 0 saturated heterocycles. The number of hydrogen-bond acceptors (Lipinski definition) is 2. The Morgan fingerprint density at radius 3 is 2.43 bits per heavy atom. The molecular weight excluding hydrogens is 176 g/mol. The van der Waals surface area contributed by atoms with E-state index in [9.17, 15) is 4.79 Å². The van der Waals surface area contributed by atoms with E-state index in [0.717, 1.165) is 5.69 Å². The van der Waals surface area contributed by atoms with Crippen molar-refractivity contribution in [3.8, 4) is 0 Å². The van der Waals surface area contributed by atoms with Crippen LogP contribution in [0.25, 0.3) is 0 Å². The fraction of sp³-hybridized carbons (Fsp3) is 0.182. The van der Waals surface area contributed by atoms with Gasteiger partial charge in [-0.15, -0.1) is 0 Å². The molecule has 0 saturated carbocycles. The lowest BCUT2D eigenvalue weighted by molar-refractivity contribution is -0.115. The summed E-state index contributed by atoms with van der Waals surface area (Å²) in [6, 6.07) is 9.30. The molecule has 0 aliphatic heterocycles. The van der Waals surface area contributed by atoms with Crippen LogP contribution in [0, 0.1) is 0 Å². The number of amides is 1. The highest BCUT2D eigenvalue weighted by atomic mass is 16.2. The fourth-order valence-corrected chi connectivity index (χ4v) is 1.14. The van der Waals surface area contributed by atoms with Crippen molar-refractivity contribution >= 4 is 11.6 Å². The molecule has 2 N–H and O–H groups in total. The molecule has 0 fully saturated rings. The summed E-state index contributed by atoms with van der Waals surface area (Å²) >= 11 is 0. The summed E-state index contributed by atoms with van der Waals surface area (Å²) in [7, 11) is 0. The highest BCUT2D eigenvalue weighted by Gasteiger charge is 2.13. The third-order valence-electron chi connectivity index (χ3n) is 1.86. The molecule has 0 unspecified atom stereocenters. The van der Waals surface area contributed by atoms with Crippen molar-refractivity contribution < 1.29 is 4.79 Å². The molecule has 1 aromatic carbocycles. The molecule has 0 aliphatic carbocycles. The standard InChI is InChI=1S/C11H14N2O/c1-9(2)11(14)13(8-12)10-6-4-3-5-7-10/h3-7H,1,8,12H2,2H3. The van der Waals surface area contributed by atoms with Crippen molar-refractivity contribution in [3.05, 3.63) is 42.5 Å². The largest absolute Gasteiger partial charge is 0.313 e. The highest BCUT2D eigenvalue weighted by molar-refractivity contribution is 6.04. The van der Waals surface area contributed by atoms with Crippen molar-refractivity contribution in [2.75, 3.05) is 11.6 Å². The SMILES string of the molecule is C=C(C)C(=O)N(CN)c1ccccc1. The molecule has 3 heteroatoms. The van der Waals surface area contributed by atoms with Gasteiger partial charge in [0.2, 0.25) is 0 Å². The van der Waals surface area contributed by atoms with Crippen molar-refractivity contribution in [2.24, 2.45) is 5.73 Å². The van der Waals surface area contributed by atoms with Gasteiger partial charge in [0.25, 0.3) is 5.91 Å². The van der Waals surface area contributed by atoms with Crippen LogP contribution >= 0.6 is 0 Å². The second kappa shape index (κ2) is 4.58. The number of rotatable bonds is 3. The molecule has 0 radical (unpaired) electrons. The van der Waals surface area contributed by atoms with Gasteiger partial charge in [-0.05, 0) is 19.1 Å². The minimum atomic E-state index is -0.140. The van der Waals surface area contributed by atoms with E-state index in [1.165, 1.54) is 4.90 Å². The van der Waals surface area contributed by atoms with Crippen molar-refractivity contribution in [3.63, 3.8) is 0 Å². The van der Waals surface area contributed by atoms with E-state index in [2.05, 4.69) is 6.58 Å². The van der Waals surface area contributed by atoms with Gasteiger partial charge in [-0.25, -0.2) is 0 Å². The monoisotopic (exact) mass is 190 g/mol. The number of nitrogens with zero attached hydrogens (tertiary/aromatic N) is 1. The fourth-order valence-electron chi connectivity index (χ4n) is 1.14. The summed E-state index contributed by atoms with van der Waals surface area (Å²) in [4.78, 5) is 13.1. The van der Waals surface area contributed by atoms with E-state index in [1.54, 1.807) is 6.92 Å². The van der Waals surface area contributed by atoms with Crippen LogP contribution in [0.4, 0.5) is 5.69 Å². The minimum absolute atomic E-state index is 0.140. The molecule has 1 amide bonds. The Hall–Kier alpha value is -1.61. The Balaban J connectivity index is 2.93. The molecule has 14 heavy (non-hydrogen) atoms. The van der Waals surface area contributed by atoms with E-state index < -0.39 is 0 Å². The van der Waals surface area contributed by atoms with Crippen LogP contribution < -0.4 is 10.6 Å². The lowest BCUT2D eigenvalue weighted by Gasteiger charge is -2.20. The molecule has 0 bridgehead atoms. The van der Waals surface area contributed by atoms with E-state index in [-0.39, 0.29) is 12.6 Å². The van der Waals surface area contributed by atoms with Crippen LogP contribution in [0.2, 0.25) is 0 Å². The normalized spacial score (nSPS) is 9.57. The van der Waals surface area contributed by atoms with Crippen LogP contribution in [0.1, 0.15) is 6.92 Å². The Morgan fingerprint density at radius 1 is 1.43 bits per heavy atom. The summed E-state index contributed by atoms with van der Waals surface area (Å²) < 4.78 is 0. The summed E-state index contributed by atoms with van der Waals surface area (Å²) in [5, 5.41) is 0. The zero-order valence-electron chi connectivity index (χ0n) is 8.23. The van der Waals surface area contributed by atoms with Crippen molar-refractivity contribution in [1.29, 1.82) is 0 Å². The summed E-state index contributed by atoms with van der Waals surface area (Å²) in [5.41, 5.74) is 6.79. The van der Waals surface area contributed by atoms with Gasteiger partial charge in [0.15, 0.2) is 0 Å². The zero-order chi connectivity index (χ0) is 10.6. The first-order chi connectivity index (χ1) is 6.66. The van der Waals surface area contributed by atoms with Crippen LogP contribution in [0.5, 0.6) is 0 Å². The maximum Gasteiger partial charge on any atom is 0.254 e. The number of carbonyl (C=O) groups is 1. The van der Waals surface area contributed by atoms with Gasteiger partial charge >= 0.3 is 0 Å². The molecule has 0 atom stereocenters. The van der Waals surface area contributed by atoms with E-state index in [0.29, 0.717) is 5.57 Å². The molecule has 0 spiro atoms. The smallest absolute Gasteiger partial charge is 0.254 e. The average Bonchev–Trinajstić information content (AvgIpc) is 2.20. The first-order valence-corrected chi connectivity index (χ1v) is 4.39. The first kappa shape index (κ1) is 10.5. The molecule has 74 valence electrons. The lowest BCUT2D eigenvalue weighted by atomic mass is 10.2. The molecule has 3 nitrogen and oxygen atoms in total. The Morgan fingerprint density at radius 2 is 2.00 bits per heavy atom. The second-order valence-electron chi connectivity index (χ2n) is 3.03. The van der Waals surface area contributed by atoms with Gasteiger partial charge in [-0.1, -0.05) is 24.8 Å². The molecule has 0 heterocycles. The summed E-state index contributed by atoms with van der Waals surface area (Å²) in [6.07, 6.45) is 0. The van der Waals surface area contributed by atoms with Crippen LogP contribution in [-0.4, -0.2) is 12.6 Å². The Kier molecular flexibility index (Phi) is 3.42. The third kappa shape index (κ3) is 2.20. The number of carbonyl (C=O) groups excluding carboxylic acids is 1. The number of anilines is 1. The van der Waals surface area contributed by atoms with Gasteiger partial charge in [0.05, 0.1) is 6.67 Å². The highest BCUT2D eigenvalue weighted by Crippen LogP contribution is 2.13. The van der Waals surface area contributed by atoms with Crippen molar-refractivity contribution in [1.82, 2.24) is 0 Å². The predicted octanol–water partition coefficient (Wildman–Crippen LogP) is 1.51. The second-order valence-corrected chi connectivity index (χ2v) is 3.03. The summed E-state index contributed by atoms with van der Waals surface area (Å²) in [6.45, 7) is 5.44. The lowest BCUT2D eigenvalue weighted by Crippen LogP contribution is -2.36. The summed E-state index contributed by atoms with van der Waals surface area (Å²) in [5.74, 6) is -0.140. The van der Waals surface area contributed by atoms with Gasteiger partial charge < -0.3 is 5.73 Å². The van der Waals surface area contributed by atoms with E-state index in [4.69, 9.17) is 5.73 Å². The predicted molar refractivity (Wildman–Crippen MR) is 57.8 cm³/mol. The van der Waals surface area contributed by atoms with E-state index >= 15 is 0 Å². The number of para-hydroxylation sites is 1. The Labute approximate surface area is 83.8 Å². The van der Waals surface area contributed by atoms with Gasteiger partial charge in [0.1, 0.15) is 0 Å². The topological polar surface area (TPSA) is 46.3 Å². The molecule has 0 aliphatic rings. The number of benzene rings is 1. The molecule has 0 aromatic heterocycles. The van der Waals surface area contributed by atoms with E-state index in [1.807, 2.05) is 30.3 Å². The first-order valence-electron chi connectivity index (χ1n) is 4.39. The van der Waals surface area contributed by atoms with Gasteiger partial charge in [-0.2, -0.15) is 0 Å². The van der Waals surface area contributed by atoms with Crippen LogP contribution in [-0.2, 0) is 4.79 Å². The zero-order valence-corrected chi connectivity index (χ0v) is 8.23. The maximum atomic E-state index is 11.6. The number of hydrogen-bond donors (Lipinski definition) is 1. The number of nitrogens with two attached hydrogens (primary N) is 1. The minimum Gasteiger partial charge on any atom is -0.313 e. The third-order valence-corrected chi connectivity index (χ3v) is 1.86. The quantitative estimate of drug-likeness (QED) is 0.580. The van der Waals surface area contributed by atoms with Crippen LogP contribution in [0.15, 0.2) is 42.5 Å². The maximum absolute atomic E-state index is 11.6. The van der Waals surface area contributed by atoms with Crippen molar-refractivity contribution in [2.45, 2.75) is 6.92 Å². The molecule has 1 rings (SSSR count). The molecular formula is C11H14N2O. The molecule has 1 aromatic rings. The average molecular weight is 190 g/mol. The Bertz CT molecular complexity index is 332.